The van der Waals surface area contributed by atoms with Crippen molar-refractivity contribution in [2.24, 2.45) is 5.73 Å². The fourth-order valence-electron chi connectivity index (χ4n) is 2.68. The van der Waals surface area contributed by atoms with Gasteiger partial charge in [-0.05, 0) is 18.6 Å². The molecule has 0 unspecified atom stereocenters. The number of rotatable bonds is 2. The maximum absolute atomic E-state index is 12.4. The standard InChI is InChI=1S/C16H18N4O2/c1-11(21)20-7-6-16(17,10-20)15(22)19-13-8-12-4-2-3-5-14(12)18-9-13/h2-5,8-9H,6-7,10,17H2,1H3,(H,19,22)/t16-/m0/s1. The van der Waals surface area contributed by atoms with Gasteiger partial charge in [0, 0.05) is 25.4 Å². The van der Waals surface area contributed by atoms with E-state index in [9.17, 15) is 9.59 Å². The van der Waals surface area contributed by atoms with Gasteiger partial charge in [-0.15, -0.1) is 0 Å². The van der Waals surface area contributed by atoms with Crippen LogP contribution in [0.3, 0.4) is 0 Å². The van der Waals surface area contributed by atoms with E-state index in [-0.39, 0.29) is 18.4 Å². The van der Waals surface area contributed by atoms with Gasteiger partial charge in [0.1, 0.15) is 5.54 Å². The van der Waals surface area contributed by atoms with E-state index < -0.39 is 5.54 Å². The molecule has 1 fully saturated rings. The molecule has 1 aromatic heterocycles. The average Bonchev–Trinajstić information content (AvgIpc) is 2.91. The molecule has 0 spiro atoms. The largest absolute Gasteiger partial charge is 0.340 e. The molecule has 2 amide bonds. The summed E-state index contributed by atoms with van der Waals surface area (Å²) in [5, 5.41) is 3.76. The predicted molar refractivity (Wildman–Crippen MR) is 84.2 cm³/mol. The molecule has 1 aromatic carbocycles. The van der Waals surface area contributed by atoms with Gasteiger partial charge in [0.2, 0.25) is 11.8 Å². The van der Waals surface area contributed by atoms with Crippen LogP contribution in [-0.2, 0) is 9.59 Å². The highest BCUT2D eigenvalue weighted by molar-refractivity contribution is 6.00. The van der Waals surface area contributed by atoms with Crippen LogP contribution in [0.25, 0.3) is 10.9 Å². The number of pyridine rings is 1. The van der Waals surface area contributed by atoms with Crippen LogP contribution in [0.2, 0.25) is 0 Å². The zero-order valence-corrected chi connectivity index (χ0v) is 12.4. The number of likely N-dealkylation sites (tertiary alicyclic amines) is 1. The van der Waals surface area contributed by atoms with E-state index in [2.05, 4.69) is 10.3 Å². The highest BCUT2D eigenvalue weighted by Crippen LogP contribution is 2.22. The number of nitrogens with one attached hydrogen (secondary N) is 1. The summed E-state index contributed by atoms with van der Waals surface area (Å²) in [6, 6.07) is 9.54. The Balaban J connectivity index is 1.77. The molecular weight excluding hydrogens is 280 g/mol. The van der Waals surface area contributed by atoms with E-state index in [0.29, 0.717) is 18.7 Å². The number of benzene rings is 1. The number of hydrogen-bond donors (Lipinski definition) is 2. The summed E-state index contributed by atoms with van der Waals surface area (Å²) in [5.41, 5.74) is 6.59. The number of aromatic nitrogens is 1. The van der Waals surface area contributed by atoms with Crippen LogP contribution in [0, 0.1) is 0 Å². The van der Waals surface area contributed by atoms with Gasteiger partial charge in [-0.25, -0.2) is 0 Å². The Kier molecular flexibility index (Phi) is 3.54. The molecule has 1 aliphatic heterocycles. The Bertz CT molecular complexity index is 746. The van der Waals surface area contributed by atoms with Gasteiger partial charge in [0.15, 0.2) is 0 Å². The molecule has 6 nitrogen and oxygen atoms in total. The van der Waals surface area contributed by atoms with Crippen molar-refractivity contribution in [2.45, 2.75) is 18.9 Å². The first-order valence-electron chi connectivity index (χ1n) is 7.19. The van der Waals surface area contributed by atoms with Crippen molar-refractivity contribution < 1.29 is 9.59 Å². The van der Waals surface area contributed by atoms with Crippen molar-refractivity contribution in [3.8, 4) is 0 Å². The Morgan fingerprint density at radius 1 is 1.36 bits per heavy atom. The summed E-state index contributed by atoms with van der Waals surface area (Å²) < 4.78 is 0. The van der Waals surface area contributed by atoms with Crippen LogP contribution < -0.4 is 11.1 Å². The van der Waals surface area contributed by atoms with Crippen LogP contribution >= 0.6 is 0 Å². The molecule has 0 radical (unpaired) electrons. The number of amides is 2. The highest BCUT2D eigenvalue weighted by Gasteiger charge is 2.42. The molecule has 1 saturated heterocycles. The van der Waals surface area contributed by atoms with Gasteiger partial charge >= 0.3 is 0 Å². The summed E-state index contributed by atoms with van der Waals surface area (Å²) in [7, 11) is 0. The van der Waals surface area contributed by atoms with E-state index >= 15 is 0 Å². The van der Waals surface area contributed by atoms with Crippen molar-refractivity contribution in [3.05, 3.63) is 36.5 Å². The van der Waals surface area contributed by atoms with E-state index in [1.165, 1.54) is 6.92 Å². The third-order valence-electron chi connectivity index (χ3n) is 4.05. The second kappa shape index (κ2) is 5.38. The third kappa shape index (κ3) is 2.65. The van der Waals surface area contributed by atoms with Crippen molar-refractivity contribution >= 4 is 28.4 Å². The normalized spacial score (nSPS) is 21.1. The zero-order chi connectivity index (χ0) is 15.7. The summed E-state index contributed by atoms with van der Waals surface area (Å²) in [4.78, 5) is 29.7. The summed E-state index contributed by atoms with van der Waals surface area (Å²) in [5.74, 6) is -0.346. The van der Waals surface area contributed by atoms with Crippen molar-refractivity contribution in [2.75, 3.05) is 18.4 Å². The van der Waals surface area contributed by atoms with Crippen LogP contribution in [0.4, 0.5) is 5.69 Å². The molecule has 3 rings (SSSR count). The monoisotopic (exact) mass is 298 g/mol. The number of nitrogens with zero attached hydrogens (tertiary/aromatic N) is 2. The van der Waals surface area contributed by atoms with Gasteiger partial charge in [0.05, 0.1) is 17.4 Å². The first-order chi connectivity index (χ1) is 10.5. The lowest BCUT2D eigenvalue weighted by atomic mass is 9.99. The van der Waals surface area contributed by atoms with Crippen LogP contribution in [0.1, 0.15) is 13.3 Å². The fraction of sp³-hybridized carbons (Fsp3) is 0.312. The van der Waals surface area contributed by atoms with E-state index in [1.807, 2.05) is 30.3 Å². The second-order valence-electron chi connectivity index (χ2n) is 5.72. The Morgan fingerprint density at radius 3 is 2.86 bits per heavy atom. The van der Waals surface area contributed by atoms with Gasteiger partial charge in [-0.3, -0.25) is 14.6 Å². The van der Waals surface area contributed by atoms with E-state index in [0.717, 1.165) is 10.9 Å². The third-order valence-corrected chi connectivity index (χ3v) is 4.05. The topological polar surface area (TPSA) is 88.3 Å². The van der Waals surface area contributed by atoms with Gasteiger partial charge < -0.3 is 16.0 Å². The molecule has 0 bridgehead atoms. The number of para-hydroxylation sites is 1. The maximum atomic E-state index is 12.4. The zero-order valence-electron chi connectivity index (χ0n) is 12.4. The molecule has 3 N–H and O–H groups in total. The molecule has 1 aliphatic rings. The van der Waals surface area contributed by atoms with Gasteiger partial charge in [-0.2, -0.15) is 0 Å². The molecule has 1 atom stereocenters. The molecule has 6 heteroatoms. The molecule has 2 aromatic rings. The smallest absolute Gasteiger partial charge is 0.246 e. The van der Waals surface area contributed by atoms with E-state index in [1.54, 1.807) is 11.1 Å². The second-order valence-corrected chi connectivity index (χ2v) is 5.72. The highest BCUT2D eigenvalue weighted by atomic mass is 16.2. The average molecular weight is 298 g/mol. The number of hydrogen-bond acceptors (Lipinski definition) is 4. The van der Waals surface area contributed by atoms with Crippen LogP contribution in [0.5, 0.6) is 0 Å². The van der Waals surface area contributed by atoms with Crippen LogP contribution in [-0.4, -0.2) is 40.3 Å². The van der Waals surface area contributed by atoms with Crippen molar-refractivity contribution in [1.82, 2.24) is 9.88 Å². The fourth-order valence-corrected chi connectivity index (χ4v) is 2.68. The number of nitrogens with two attached hydrogens (primary N) is 1. The lowest BCUT2D eigenvalue weighted by Gasteiger charge is -2.23. The maximum Gasteiger partial charge on any atom is 0.246 e. The quantitative estimate of drug-likeness (QED) is 0.869. The first kappa shape index (κ1) is 14.5. The summed E-state index contributed by atoms with van der Waals surface area (Å²) in [6.07, 6.45) is 2.07. The van der Waals surface area contributed by atoms with Gasteiger partial charge in [0.25, 0.3) is 0 Å². The Labute approximate surface area is 128 Å². The van der Waals surface area contributed by atoms with Crippen LogP contribution in [0.15, 0.2) is 36.5 Å². The molecule has 2 heterocycles. The number of fused-ring (bicyclic) bond motifs is 1. The predicted octanol–water partition coefficient (Wildman–Crippen LogP) is 1.12. The lowest BCUT2D eigenvalue weighted by molar-refractivity contribution is -0.128. The number of anilines is 1. The minimum absolute atomic E-state index is 0.0625. The summed E-state index contributed by atoms with van der Waals surface area (Å²) >= 11 is 0. The molecule has 114 valence electrons. The molecular formula is C16H18N4O2. The van der Waals surface area contributed by atoms with Gasteiger partial charge in [-0.1, -0.05) is 18.2 Å². The number of carbonyl (C=O) groups is 2. The Morgan fingerprint density at radius 2 is 2.14 bits per heavy atom. The van der Waals surface area contributed by atoms with Crippen molar-refractivity contribution in [3.63, 3.8) is 0 Å². The molecule has 0 aliphatic carbocycles. The Hall–Kier alpha value is -2.47. The lowest BCUT2D eigenvalue weighted by Crippen LogP contribution is -2.53. The summed E-state index contributed by atoms with van der Waals surface area (Å²) in [6.45, 7) is 2.24. The number of carbonyl (C=O) groups excluding carboxylic acids is 2. The minimum atomic E-state index is -1.04. The van der Waals surface area contributed by atoms with E-state index in [4.69, 9.17) is 5.73 Å². The minimum Gasteiger partial charge on any atom is -0.340 e. The molecule has 22 heavy (non-hydrogen) atoms. The van der Waals surface area contributed by atoms with Crippen molar-refractivity contribution in [1.29, 1.82) is 0 Å². The molecule has 0 saturated carbocycles. The first-order valence-corrected chi connectivity index (χ1v) is 7.19. The SMILES string of the molecule is CC(=O)N1CC[C@@](N)(C(=O)Nc2cnc3ccccc3c2)C1.